The molecule has 9 heavy (non-hydrogen) atoms. The van der Waals surface area contributed by atoms with Gasteiger partial charge in [-0.25, -0.2) is 0 Å². The van der Waals surface area contributed by atoms with E-state index in [9.17, 15) is 9.32 Å². The lowest BCUT2D eigenvalue weighted by molar-refractivity contribution is 0.226. The van der Waals surface area contributed by atoms with Crippen molar-refractivity contribution >= 4 is 10.8 Å². The Balaban J connectivity index is 2.43. The van der Waals surface area contributed by atoms with E-state index in [4.69, 9.17) is 0 Å². The molecule has 0 aromatic rings. The second kappa shape index (κ2) is 1.36. The summed E-state index contributed by atoms with van der Waals surface area (Å²) in [6.45, 7) is 0. The molecule has 2 nitrogen and oxygen atoms in total. The van der Waals surface area contributed by atoms with Crippen LogP contribution >= 0.6 is 0 Å². The Kier molecular flexibility index (Phi) is 0.811. The Bertz CT molecular complexity index is 231. The molecule has 1 aliphatic carbocycles. The number of hydrogen-bond donors (Lipinski definition) is 1. The average molecular weight is 142 g/mol. The monoisotopic (exact) mass is 142 g/mol. The highest BCUT2D eigenvalue weighted by Gasteiger charge is 2.60. The molecule has 1 fully saturated rings. The van der Waals surface area contributed by atoms with Crippen LogP contribution in [0.4, 0.5) is 0 Å². The number of rotatable bonds is 0. The van der Waals surface area contributed by atoms with Gasteiger partial charge in [0.05, 0.1) is 10.8 Å². The largest absolute Gasteiger partial charge is 0.372 e. The molecule has 48 valence electrons. The van der Waals surface area contributed by atoms with Gasteiger partial charge in [0.2, 0.25) is 0 Å². The molecule has 0 spiro atoms. The Morgan fingerprint density at radius 2 is 2.33 bits per heavy atom. The topological polar surface area (TPSA) is 37.3 Å². The van der Waals surface area contributed by atoms with Crippen LogP contribution in [-0.2, 0) is 10.8 Å². The summed E-state index contributed by atoms with van der Waals surface area (Å²) in [5, 5.41) is 9.16. The van der Waals surface area contributed by atoms with E-state index in [1.54, 1.807) is 18.2 Å². The summed E-state index contributed by atoms with van der Waals surface area (Å²) >= 11 is 0. The minimum atomic E-state index is -1.06. The van der Waals surface area contributed by atoms with Crippen molar-refractivity contribution in [3.63, 3.8) is 0 Å². The normalized spacial score (nSPS) is 53.0. The fourth-order valence-electron chi connectivity index (χ4n) is 0.996. The molecule has 3 heteroatoms. The maximum atomic E-state index is 10.8. The van der Waals surface area contributed by atoms with Crippen molar-refractivity contribution in [1.29, 1.82) is 0 Å². The highest BCUT2D eigenvalue weighted by atomic mass is 32.2. The van der Waals surface area contributed by atoms with Gasteiger partial charge >= 0.3 is 0 Å². The number of hydrogen-bond acceptors (Lipinski definition) is 2. The molecule has 0 amide bonds. The van der Waals surface area contributed by atoms with Crippen LogP contribution in [0.5, 0.6) is 0 Å². The predicted octanol–water partition coefficient (Wildman–Crippen LogP) is -0.0681. The van der Waals surface area contributed by atoms with Crippen LogP contribution in [0, 0.1) is 0 Å². The van der Waals surface area contributed by atoms with Gasteiger partial charge in [0.1, 0.15) is 5.25 Å². The molecule has 0 aromatic heterocycles. The molecule has 0 bridgehead atoms. The van der Waals surface area contributed by atoms with E-state index in [1.165, 1.54) is 0 Å². The Morgan fingerprint density at radius 3 is 2.78 bits per heavy atom. The summed E-state index contributed by atoms with van der Waals surface area (Å²) in [6, 6.07) is 0. The van der Waals surface area contributed by atoms with E-state index in [2.05, 4.69) is 0 Å². The van der Waals surface area contributed by atoms with Gasteiger partial charge in [-0.2, -0.15) is 0 Å². The number of allylic oxidation sites excluding steroid dienone is 2. The first kappa shape index (κ1) is 5.38. The Labute approximate surface area is 55.3 Å². The van der Waals surface area contributed by atoms with Crippen LogP contribution in [0.25, 0.3) is 0 Å². The van der Waals surface area contributed by atoms with Gasteiger partial charge in [-0.3, -0.25) is 4.21 Å². The van der Waals surface area contributed by atoms with Crippen molar-refractivity contribution < 1.29 is 9.32 Å². The quantitative estimate of drug-likeness (QED) is 0.481. The predicted molar refractivity (Wildman–Crippen MR) is 35.2 cm³/mol. The zero-order chi connectivity index (χ0) is 6.48. The first-order valence-electron chi connectivity index (χ1n) is 2.74. The molecule has 1 saturated heterocycles. The second-order valence-electron chi connectivity index (χ2n) is 2.21. The molecule has 0 saturated carbocycles. The zero-order valence-corrected chi connectivity index (χ0v) is 5.47. The van der Waals surface area contributed by atoms with Gasteiger partial charge in [0.15, 0.2) is 4.93 Å². The Morgan fingerprint density at radius 1 is 1.56 bits per heavy atom. The summed E-state index contributed by atoms with van der Waals surface area (Å²) in [5.74, 6) is 0. The maximum absolute atomic E-state index is 10.8. The lowest BCUT2D eigenvalue weighted by Crippen LogP contribution is -2.09. The van der Waals surface area contributed by atoms with Gasteiger partial charge in [0, 0.05) is 0 Å². The van der Waals surface area contributed by atoms with E-state index < -0.39 is 15.7 Å². The summed E-state index contributed by atoms with van der Waals surface area (Å²) in [7, 11) is -1.06. The van der Waals surface area contributed by atoms with Crippen molar-refractivity contribution in [1.82, 2.24) is 0 Å². The summed E-state index contributed by atoms with van der Waals surface area (Å²) in [6.07, 6.45) is 6.90. The maximum Gasteiger partial charge on any atom is 0.177 e. The van der Waals surface area contributed by atoms with E-state index in [1.807, 2.05) is 6.08 Å². The number of fused-ring (bicyclic) bond motifs is 1. The van der Waals surface area contributed by atoms with Gasteiger partial charge in [-0.1, -0.05) is 18.2 Å². The first-order chi connectivity index (χ1) is 4.25. The standard InChI is InChI=1S/C6H6O2S/c7-6-4-2-1-3-5(6)9(6)8/h1-5,7H. The van der Waals surface area contributed by atoms with Crippen molar-refractivity contribution in [3.05, 3.63) is 24.3 Å². The minimum absolute atomic E-state index is 0.123. The molecule has 1 N–H and O–H groups in total. The number of aliphatic hydroxyl groups is 1. The van der Waals surface area contributed by atoms with Gasteiger partial charge in [-0.05, 0) is 6.08 Å². The first-order valence-corrected chi connectivity index (χ1v) is 3.95. The SMILES string of the molecule is O=S1C2C=CC=CC21O. The molecule has 3 unspecified atom stereocenters. The fraction of sp³-hybridized carbons (Fsp3) is 0.333. The van der Waals surface area contributed by atoms with Crippen molar-refractivity contribution in [3.8, 4) is 0 Å². The molecule has 3 atom stereocenters. The van der Waals surface area contributed by atoms with Crippen LogP contribution in [0.15, 0.2) is 24.3 Å². The highest BCUT2D eigenvalue weighted by Crippen LogP contribution is 2.42. The van der Waals surface area contributed by atoms with Crippen LogP contribution in [0.2, 0.25) is 0 Å². The van der Waals surface area contributed by atoms with Crippen LogP contribution in [0.3, 0.4) is 0 Å². The molecular formula is C6H6O2S. The van der Waals surface area contributed by atoms with Crippen LogP contribution < -0.4 is 0 Å². The van der Waals surface area contributed by atoms with Crippen LogP contribution in [0.1, 0.15) is 0 Å². The molecule has 0 radical (unpaired) electrons. The second-order valence-corrected chi connectivity index (χ2v) is 3.97. The fourth-order valence-corrected chi connectivity index (χ4v) is 2.25. The summed E-state index contributed by atoms with van der Waals surface area (Å²) in [4.78, 5) is -0.991. The van der Waals surface area contributed by atoms with Gasteiger partial charge in [0.25, 0.3) is 0 Å². The third kappa shape index (κ3) is 0.509. The average Bonchev–Trinajstić information content (AvgIpc) is 2.38. The van der Waals surface area contributed by atoms with E-state index >= 15 is 0 Å². The van der Waals surface area contributed by atoms with Crippen molar-refractivity contribution in [2.24, 2.45) is 0 Å². The summed E-state index contributed by atoms with van der Waals surface area (Å²) in [5.41, 5.74) is 0. The highest BCUT2D eigenvalue weighted by molar-refractivity contribution is 7.95. The van der Waals surface area contributed by atoms with Crippen molar-refractivity contribution in [2.75, 3.05) is 0 Å². The van der Waals surface area contributed by atoms with Gasteiger partial charge in [-0.15, -0.1) is 0 Å². The third-order valence-electron chi connectivity index (χ3n) is 1.64. The van der Waals surface area contributed by atoms with Gasteiger partial charge < -0.3 is 5.11 Å². The lowest BCUT2D eigenvalue weighted by Gasteiger charge is -1.97. The third-order valence-corrected chi connectivity index (χ3v) is 3.39. The molecule has 1 aliphatic heterocycles. The molecular weight excluding hydrogens is 136 g/mol. The minimum Gasteiger partial charge on any atom is -0.372 e. The van der Waals surface area contributed by atoms with E-state index in [0.717, 1.165) is 0 Å². The molecule has 0 aromatic carbocycles. The zero-order valence-electron chi connectivity index (χ0n) is 4.65. The lowest BCUT2D eigenvalue weighted by atomic mass is 10.1. The van der Waals surface area contributed by atoms with E-state index in [-0.39, 0.29) is 5.25 Å². The molecule has 2 rings (SSSR count). The Hall–Kier alpha value is -0.410. The molecule has 2 aliphatic rings. The van der Waals surface area contributed by atoms with Crippen LogP contribution in [-0.4, -0.2) is 19.5 Å². The van der Waals surface area contributed by atoms with E-state index in [0.29, 0.717) is 0 Å². The van der Waals surface area contributed by atoms with Crippen molar-refractivity contribution in [2.45, 2.75) is 10.2 Å². The molecule has 1 heterocycles. The summed E-state index contributed by atoms with van der Waals surface area (Å²) < 4.78 is 10.8. The smallest absolute Gasteiger partial charge is 0.177 e.